The molecule has 2 rings (SSSR count). The number of nitrogens with one attached hydrogen (secondary N) is 1. The van der Waals surface area contributed by atoms with Crippen molar-refractivity contribution < 1.29 is 4.74 Å². The highest BCUT2D eigenvalue weighted by atomic mass is 16.5. The van der Waals surface area contributed by atoms with Gasteiger partial charge in [0.2, 0.25) is 5.95 Å². The molecule has 1 fully saturated rings. The van der Waals surface area contributed by atoms with Gasteiger partial charge in [-0.05, 0) is 30.6 Å². The van der Waals surface area contributed by atoms with Crippen LogP contribution in [0.2, 0.25) is 0 Å². The molecule has 0 saturated heterocycles. The second kappa shape index (κ2) is 5.06. The fourth-order valence-electron chi connectivity index (χ4n) is 3.30. The van der Waals surface area contributed by atoms with Crippen molar-refractivity contribution in [1.29, 1.82) is 0 Å². The lowest BCUT2D eigenvalue weighted by molar-refractivity contribution is 0.190. The second-order valence-electron chi connectivity index (χ2n) is 7.35. The Morgan fingerprint density at radius 2 is 1.95 bits per heavy atom. The number of nitrogens with zero attached hydrogens (tertiary/aromatic N) is 2. The van der Waals surface area contributed by atoms with Crippen LogP contribution in [0.1, 0.15) is 40.3 Å². The Bertz CT molecular complexity index is 462. The maximum Gasteiger partial charge on any atom is 0.203 e. The van der Waals surface area contributed by atoms with Crippen LogP contribution in [0.15, 0.2) is 6.20 Å². The van der Waals surface area contributed by atoms with Crippen LogP contribution in [0, 0.1) is 23.7 Å². The zero-order valence-electron chi connectivity index (χ0n) is 13.9. The zero-order chi connectivity index (χ0) is 15.1. The van der Waals surface area contributed by atoms with Crippen molar-refractivity contribution >= 4 is 5.95 Å². The van der Waals surface area contributed by atoms with E-state index in [0.717, 1.165) is 18.2 Å². The van der Waals surface area contributed by atoms with E-state index in [0.29, 0.717) is 23.4 Å². The maximum atomic E-state index is 5.18. The first-order valence-electron chi connectivity index (χ1n) is 7.49. The molecule has 0 aliphatic heterocycles. The summed E-state index contributed by atoms with van der Waals surface area (Å²) in [4.78, 5) is 4.61. The van der Waals surface area contributed by atoms with Crippen molar-refractivity contribution in [2.75, 3.05) is 19.0 Å². The predicted octanol–water partition coefficient (Wildman–Crippen LogP) is 3.32. The van der Waals surface area contributed by atoms with E-state index in [1.165, 1.54) is 0 Å². The van der Waals surface area contributed by atoms with Crippen LogP contribution in [0.3, 0.4) is 0 Å². The fourth-order valence-corrected chi connectivity index (χ4v) is 3.30. The Kier molecular flexibility index (Phi) is 3.89. The molecule has 1 aromatic rings. The van der Waals surface area contributed by atoms with Gasteiger partial charge < -0.3 is 14.6 Å². The van der Waals surface area contributed by atoms with Crippen molar-refractivity contribution in [1.82, 2.24) is 9.55 Å². The third-order valence-corrected chi connectivity index (χ3v) is 5.39. The average molecular weight is 279 g/mol. The molecule has 20 heavy (non-hydrogen) atoms. The Hall–Kier alpha value is -1.03. The van der Waals surface area contributed by atoms with Crippen LogP contribution in [0.4, 0.5) is 5.95 Å². The first kappa shape index (κ1) is 15.4. The van der Waals surface area contributed by atoms with Crippen molar-refractivity contribution in [2.24, 2.45) is 16.7 Å². The molecule has 0 aromatic carbocycles. The van der Waals surface area contributed by atoms with Crippen molar-refractivity contribution in [2.45, 2.75) is 54.1 Å². The van der Waals surface area contributed by atoms with Crippen LogP contribution < -0.4 is 5.32 Å². The Morgan fingerprint density at radius 3 is 2.45 bits per heavy atom. The summed E-state index contributed by atoms with van der Waals surface area (Å²) >= 11 is 0. The van der Waals surface area contributed by atoms with E-state index in [4.69, 9.17) is 4.74 Å². The van der Waals surface area contributed by atoms with Crippen molar-refractivity contribution in [3.05, 3.63) is 11.9 Å². The van der Waals surface area contributed by atoms with Gasteiger partial charge in [0.05, 0.1) is 12.3 Å². The number of methoxy groups -OCH3 is 1. The van der Waals surface area contributed by atoms with Crippen LogP contribution >= 0.6 is 0 Å². The van der Waals surface area contributed by atoms with E-state index >= 15 is 0 Å². The molecule has 4 nitrogen and oxygen atoms in total. The van der Waals surface area contributed by atoms with E-state index in [1.54, 1.807) is 7.11 Å². The number of ether oxygens (including phenoxy) is 1. The van der Waals surface area contributed by atoms with E-state index in [2.05, 4.69) is 55.7 Å². The van der Waals surface area contributed by atoms with E-state index in [1.807, 2.05) is 6.92 Å². The number of hydrogen-bond acceptors (Lipinski definition) is 3. The van der Waals surface area contributed by atoms with Gasteiger partial charge in [-0.1, -0.05) is 27.7 Å². The van der Waals surface area contributed by atoms with Crippen LogP contribution in [-0.4, -0.2) is 29.3 Å². The summed E-state index contributed by atoms with van der Waals surface area (Å²) in [5.41, 5.74) is 1.87. The largest absolute Gasteiger partial charge is 0.383 e. The normalized spacial score (nSPS) is 21.8. The van der Waals surface area contributed by atoms with Gasteiger partial charge >= 0.3 is 0 Å². The summed E-state index contributed by atoms with van der Waals surface area (Å²) in [5.74, 6) is 1.66. The van der Waals surface area contributed by atoms with Gasteiger partial charge in [0.15, 0.2) is 0 Å². The third-order valence-electron chi connectivity index (χ3n) is 5.39. The highest BCUT2D eigenvalue weighted by molar-refractivity contribution is 5.31. The quantitative estimate of drug-likeness (QED) is 0.868. The van der Waals surface area contributed by atoms with E-state index < -0.39 is 0 Å². The Balaban J connectivity index is 2.09. The number of anilines is 1. The lowest BCUT2D eigenvalue weighted by atomic mass is 10.0. The van der Waals surface area contributed by atoms with Gasteiger partial charge in [-0.3, -0.25) is 0 Å². The molecule has 1 atom stereocenters. The van der Waals surface area contributed by atoms with Gasteiger partial charge in [0.25, 0.3) is 0 Å². The summed E-state index contributed by atoms with van der Waals surface area (Å²) in [6, 6.07) is 0.265. The molecule has 0 bridgehead atoms. The summed E-state index contributed by atoms with van der Waals surface area (Å²) in [5, 5.41) is 3.45. The SMILES string of the molecule is COCC(C)Nc1nc(C)cn1CC1C(C)(C)C1(C)C. The van der Waals surface area contributed by atoms with E-state index in [9.17, 15) is 0 Å². The number of aromatic nitrogens is 2. The molecule has 1 aliphatic rings. The smallest absolute Gasteiger partial charge is 0.203 e. The molecule has 1 unspecified atom stereocenters. The molecule has 1 saturated carbocycles. The lowest BCUT2D eigenvalue weighted by Crippen LogP contribution is -2.23. The maximum absolute atomic E-state index is 5.18. The summed E-state index contributed by atoms with van der Waals surface area (Å²) in [6.45, 7) is 15.3. The highest BCUT2D eigenvalue weighted by Crippen LogP contribution is 2.68. The van der Waals surface area contributed by atoms with Gasteiger partial charge in [0, 0.05) is 25.9 Å². The molecular formula is C16H29N3O. The topological polar surface area (TPSA) is 39.1 Å². The molecule has 0 spiro atoms. The summed E-state index contributed by atoms with van der Waals surface area (Å²) < 4.78 is 7.45. The van der Waals surface area contributed by atoms with Crippen LogP contribution in [-0.2, 0) is 11.3 Å². The molecule has 1 aromatic heterocycles. The van der Waals surface area contributed by atoms with Crippen LogP contribution in [0.5, 0.6) is 0 Å². The Morgan fingerprint density at radius 1 is 1.35 bits per heavy atom. The van der Waals surface area contributed by atoms with Crippen molar-refractivity contribution in [3.8, 4) is 0 Å². The minimum atomic E-state index is 0.265. The predicted molar refractivity (Wildman–Crippen MR) is 83.0 cm³/mol. The highest BCUT2D eigenvalue weighted by Gasteiger charge is 2.64. The zero-order valence-corrected chi connectivity index (χ0v) is 13.9. The molecule has 1 heterocycles. The average Bonchev–Trinajstić information content (AvgIpc) is 2.58. The molecular weight excluding hydrogens is 250 g/mol. The second-order valence-corrected chi connectivity index (χ2v) is 7.35. The molecule has 114 valence electrons. The first-order chi connectivity index (χ1) is 9.20. The summed E-state index contributed by atoms with van der Waals surface area (Å²) in [6.07, 6.45) is 2.15. The van der Waals surface area contributed by atoms with Crippen molar-refractivity contribution in [3.63, 3.8) is 0 Å². The molecule has 0 radical (unpaired) electrons. The standard InChI is InChI=1S/C16H29N3O/c1-11-8-19(9-13-15(3,4)16(13,5)6)14(17-11)18-12(2)10-20-7/h8,12-13H,9-10H2,1-7H3,(H,17,18). The number of imidazole rings is 1. The lowest BCUT2D eigenvalue weighted by Gasteiger charge is -2.15. The molecule has 1 N–H and O–H groups in total. The minimum Gasteiger partial charge on any atom is -0.383 e. The van der Waals surface area contributed by atoms with Gasteiger partial charge in [-0.2, -0.15) is 0 Å². The molecule has 4 heteroatoms. The van der Waals surface area contributed by atoms with E-state index in [-0.39, 0.29) is 6.04 Å². The molecule has 0 amide bonds. The monoisotopic (exact) mass is 279 g/mol. The summed E-state index contributed by atoms with van der Waals surface area (Å²) in [7, 11) is 1.73. The van der Waals surface area contributed by atoms with Gasteiger partial charge in [-0.15, -0.1) is 0 Å². The van der Waals surface area contributed by atoms with Crippen LogP contribution in [0.25, 0.3) is 0 Å². The minimum absolute atomic E-state index is 0.265. The number of hydrogen-bond donors (Lipinski definition) is 1. The Labute approximate surface area is 122 Å². The molecule has 1 aliphatic carbocycles. The van der Waals surface area contributed by atoms with Gasteiger partial charge in [-0.25, -0.2) is 4.98 Å². The van der Waals surface area contributed by atoms with Gasteiger partial charge in [0.1, 0.15) is 0 Å². The first-order valence-corrected chi connectivity index (χ1v) is 7.49. The third kappa shape index (κ3) is 2.58. The number of rotatable bonds is 6. The fraction of sp³-hybridized carbons (Fsp3) is 0.812. The number of aryl methyl sites for hydroxylation is 1.